The minimum atomic E-state index is -0.0460. The van der Waals surface area contributed by atoms with E-state index < -0.39 is 0 Å². The molecule has 4 rings (SSSR count). The Labute approximate surface area is 190 Å². The first-order valence-electron chi connectivity index (χ1n) is 11.6. The minimum absolute atomic E-state index is 0.0460. The zero-order chi connectivity index (χ0) is 22.3. The number of carbonyl (C=O) groups excluding carboxylic acids is 2. The van der Waals surface area contributed by atoms with Crippen LogP contribution >= 0.6 is 0 Å². The molecule has 2 aromatic carbocycles. The summed E-state index contributed by atoms with van der Waals surface area (Å²) in [5, 5.41) is 2.04. The predicted molar refractivity (Wildman–Crippen MR) is 127 cm³/mol. The number of likely N-dealkylation sites (tertiary alicyclic amines) is 1. The van der Waals surface area contributed by atoms with E-state index in [0.717, 1.165) is 42.0 Å². The molecule has 1 aromatic heterocycles. The Morgan fingerprint density at radius 3 is 2.41 bits per heavy atom. The van der Waals surface area contributed by atoms with E-state index >= 15 is 0 Å². The fourth-order valence-electron chi connectivity index (χ4n) is 4.41. The standard InChI is InChI=1S/C27H31N3O2/c1-2-3-13-26(31)29-16-14-24(15-17-29)30(20-21-9-5-4-6-10-21)27(32)25-18-22-11-7-8-12-23(22)19-28-25/h4-12,18-19,24H,2-3,13-17,20H2,1H3. The number of rotatable bonds is 7. The smallest absolute Gasteiger partial charge is 0.273 e. The molecule has 3 aromatic rings. The number of aromatic nitrogens is 1. The molecule has 0 atom stereocenters. The molecule has 0 aliphatic carbocycles. The van der Waals surface area contributed by atoms with Crippen LogP contribution in [0, 0.1) is 0 Å². The third kappa shape index (κ3) is 5.16. The highest BCUT2D eigenvalue weighted by atomic mass is 16.2. The Balaban J connectivity index is 1.53. The highest BCUT2D eigenvalue weighted by Gasteiger charge is 2.30. The average molecular weight is 430 g/mol. The summed E-state index contributed by atoms with van der Waals surface area (Å²) in [7, 11) is 0. The van der Waals surface area contributed by atoms with Crippen LogP contribution in [-0.4, -0.2) is 45.7 Å². The topological polar surface area (TPSA) is 53.5 Å². The summed E-state index contributed by atoms with van der Waals surface area (Å²) in [6.45, 7) is 4.06. The number of nitrogens with zero attached hydrogens (tertiary/aromatic N) is 3. The van der Waals surface area contributed by atoms with Gasteiger partial charge in [0.05, 0.1) is 0 Å². The predicted octanol–water partition coefficient (Wildman–Crippen LogP) is 5.06. The van der Waals surface area contributed by atoms with Crippen LogP contribution in [0.1, 0.15) is 55.1 Å². The molecule has 0 spiro atoms. The van der Waals surface area contributed by atoms with Gasteiger partial charge in [0.1, 0.15) is 5.69 Å². The number of amides is 2. The van der Waals surface area contributed by atoms with E-state index in [1.807, 2.05) is 58.3 Å². The number of carbonyl (C=O) groups is 2. The lowest BCUT2D eigenvalue weighted by atomic mass is 10.0. The van der Waals surface area contributed by atoms with E-state index in [9.17, 15) is 9.59 Å². The Bertz CT molecular complexity index is 1060. The highest BCUT2D eigenvalue weighted by Crippen LogP contribution is 2.23. The SMILES string of the molecule is CCCCC(=O)N1CCC(N(Cc2ccccc2)C(=O)c2cc3ccccc3cn2)CC1. The first-order chi connectivity index (χ1) is 15.7. The van der Waals surface area contributed by atoms with Gasteiger partial charge in [0.15, 0.2) is 0 Å². The Morgan fingerprint density at radius 2 is 1.69 bits per heavy atom. The number of pyridine rings is 1. The molecule has 166 valence electrons. The van der Waals surface area contributed by atoms with E-state index in [-0.39, 0.29) is 17.9 Å². The molecule has 0 bridgehead atoms. The first-order valence-corrected chi connectivity index (χ1v) is 11.6. The van der Waals surface area contributed by atoms with Crippen molar-refractivity contribution in [3.63, 3.8) is 0 Å². The van der Waals surface area contributed by atoms with E-state index in [2.05, 4.69) is 24.0 Å². The van der Waals surface area contributed by atoms with E-state index in [4.69, 9.17) is 0 Å². The van der Waals surface area contributed by atoms with Crippen LogP contribution in [0.3, 0.4) is 0 Å². The van der Waals surface area contributed by atoms with Gasteiger partial charge < -0.3 is 9.80 Å². The zero-order valence-electron chi connectivity index (χ0n) is 18.7. The summed E-state index contributed by atoms with van der Waals surface area (Å²) < 4.78 is 0. The molecule has 1 fully saturated rings. The van der Waals surface area contributed by atoms with Crippen molar-refractivity contribution >= 4 is 22.6 Å². The minimum Gasteiger partial charge on any atom is -0.343 e. The third-order valence-electron chi connectivity index (χ3n) is 6.31. The van der Waals surface area contributed by atoms with Gasteiger partial charge in [-0.15, -0.1) is 0 Å². The van der Waals surface area contributed by atoms with Crippen molar-refractivity contribution in [2.45, 2.75) is 51.6 Å². The van der Waals surface area contributed by atoms with Crippen LogP contribution in [0.25, 0.3) is 10.8 Å². The zero-order valence-corrected chi connectivity index (χ0v) is 18.7. The van der Waals surface area contributed by atoms with Gasteiger partial charge in [-0.2, -0.15) is 0 Å². The molecule has 0 saturated carbocycles. The maximum atomic E-state index is 13.6. The van der Waals surface area contributed by atoms with Crippen molar-refractivity contribution < 1.29 is 9.59 Å². The van der Waals surface area contributed by atoms with Crippen molar-refractivity contribution in [2.75, 3.05) is 13.1 Å². The van der Waals surface area contributed by atoms with Crippen LogP contribution < -0.4 is 0 Å². The molecule has 1 aliphatic heterocycles. The lowest BCUT2D eigenvalue weighted by molar-refractivity contribution is -0.132. The van der Waals surface area contributed by atoms with Crippen LogP contribution in [0.15, 0.2) is 66.9 Å². The summed E-state index contributed by atoms with van der Waals surface area (Å²) in [6, 6.07) is 20.0. The monoisotopic (exact) mass is 429 g/mol. The van der Waals surface area contributed by atoms with Gasteiger partial charge in [0.25, 0.3) is 5.91 Å². The maximum Gasteiger partial charge on any atom is 0.273 e. The summed E-state index contributed by atoms with van der Waals surface area (Å²) >= 11 is 0. The second kappa shape index (κ2) is 10.4. The van der Waals surface area contributed by atoms with E-state index in [1.165, 1.54) is 0 Å². The molecule has 5 nitrogen and oxygen atoms in total. The van der Waals surface area contributed by atoms with Crippen molar-refractivity contribution in [3.05, 3.63) is 78.1 Å². The van der Waals surface area contributed by atoms with Crippen LogP contribution in [0.5, 0.6) is 0 Å². The average Bonchev–Trinajstić information content (AvgIpc) is 2.86. The van der Waals surface area contributed by atoms with E-state index in [1.54, 1.807) is 6.20 Å². The number of piperidine rings is 1. The molecule has 2 heterocycles. The van der Waals surface area contributed by atoms with Gasteiger partial charge >= 0.3 is 0 Å². The number of unbranched alkanes of at least 4 members (excludes halogenated alkanes) is 1. The van der Waals surface area contributed by atoms with Crippen molar-refractivity contribution in [3.8, 4) is 0 Å². The highest BCUT2D eigenvalue weighted by molar-refractivity contribution is 5.96. The molecule has 2 amide bonds. The lowest BCUT2D eigenvalue weighted by Crippen LogP contribution is -2.48. The second-order valence-corrected chi connectivity index (χ2v) is 8.55. The van der Waals surface area contributed by atoms with Crippen LogP contribution in [-0.2, 0) is 11.3 Å². The number of benzene rings is 2. The quantitative estimate of drug-likeness (QED) is 0.528. The van der Waals surface area contributed by atoms with Crippen molar-refractivity contribution in [2.24, 2.45) is 0 Å². The van der Waals surface area contributed by atoms with Crippen LogP contribution in [0.4, 0.5) is 0 Å². The Hall–Kier alpha value is -3.21. The van der Waals surface area contributed by atoms with Gasteiger partial charge in [-0.3, -0.25) is 14.6 Å². The summed E-state index contributed by atoms with van der Waals surface area (Å²) in [4.78, 5) is 34.5. The molecule has 32 heavy (non-hydrogen) atoms. The summed E-state index contributed by atoms with van der Waals surface area (Å²) in [6.07, 6.45) is 5.95. The second-order valence-electron chi connectivity index (χ2n) is 8.55. The van der Waals surface area contributed by atoms with Gasteiger partial charge in [-0.05, 0) is 36.3 Å². The molecular formula is C27H31N3O2. The van der Waals surface area contributed by atoms with Crippen LogP contribution in [0.2, 0.25) is 0 Å². The first kappa shape index (κ1) is 22.0. The molecular weight excluding hydrogens is 398 g/mol. The normalized spacial score (nSPS) is 14.5. The summed E-state index contributed by atoms with van der Waals surface area (Å²) in [5.74, 6) is 0.192. The number of hydrogen-bond acceptors (Lipinski definition) is 3. The fourth-order valence-corrected chi connectivity index (χ4v) is 4.41. The lowest BCUT2D eigenvalue weighted by Gasteiger charge is -2.38. The van der Waals surface area contributed by atoms with Gasteiger partial charge in [-0.1, -0.05) is 67.9 Å². The third-order valence-corrected chi connectivity index (χ3v) is 6.31. The molecule has 0 radical (unpaired) electrons. The molecule has 0 N–H and O–H groups in total. The van der Waals surface area contributed by atoms with Gasteiger partial charge in [-0.25, -0.2) is 0 Å². The van der Waals surface area contributed by atoms with Crippen molar-refractivity contribution in [1.29, 1.82) is 0 Å². The Kier molecular flexibility index (Phi) is 7.15. The Morgan fingerprint density at radius 1 is 1.00 bits per heavy atom. The number of hydrogen-bond donors (Lipinski definition) is 0. The largest absolute Gasteiger partial charge is 0.343 e. The summed E-state index contributed by atoms with van der Waals surface area (Å²) in [5.41, 5.74) is 1.57. The number of fused-ring (bicyclic) bond motifs is 1. The van der Waals surface area contributed by atoms with Gasteiger partial charge in [0, 0.05) is 43.7 Å². The maximum absolute atomic E-state index is 13.6. The van der Waals surface area contributed by atoms with Crippen molar-refractivity contribution in [1.82, 2.24) is 14.8 Å². The fraction of sp³-hybridized carbons (Fsp3) is 0.370. The molecule has 5 heteroatoms. The van der Waals surface area contributed by atoms with Gasteiger partial charge in [0.2, 0.25) is 5.91 Å². The molecule has 1 saturated heterocycles. The van der Waals surface area contributed by atoms with E-state index in [0.29, 0.717) is 31.7 Å². The molecule has 1 aliphatic rings. The molecule has 0 unspecified atom stereocenters.